The number of hydrogen-bond acceptors (Lipinski definition) is 5. The maximum atomic E-state index is 12.9. The summed E-state index contributed by atoms with van der Waals surface area (Å²) in [7, 11) is 0. The lowest BCUT2D eigenvalue weighted by molar-refractivity contribution is 0.102. The van der Waals surface area contributed by atoms with Crippen LogP contribution in [0.15, 0.2) is 47.4 Å². The second-order valence-electron chi connectivity index (χ2n) is 4.70. The van der Waals surface area contributed by atoms with Gasteiger partial charge in [0.25, 0.3) is 5.91 Å². The van der Waals surface area contributed by atoms with Crippen LogP contribution in [0.3, 0.4) is 0 Å². The topological polar surface area (TPSA) is 87.7 Å². The summed E-state index contributed by atoms with van der Waals surface area (Å²) >= 11 is 1.24. The van der Waals surface area contributed by atoms with Crippen LogP contribution in [0, 0.1) is 5.82 Å². The molecule has 0 radical (unpaired) electrons. The Hall–Kier alpha value is -2.87. The fourth-order valence-corrected chi connectivity index (χ4v) is 2.64. The number of nitrogens with zero attached hydrogens (tertiary/aromatic N) is 2. The Morgan fingerprint density at radius 1 is 1.17 bits per heavy atom. The van der Waals surface area contributed by atoms with Crippen LogP contribution < -0.4 is 10.9 Å². The van der Waals surface area contributed by atoms with E-state index in [0.29, 0.717) is 22.1 Å². The summed E-state index contributed by atoms with van der Waals surface area (Å²) in [5, 5.41) is 11.6. The smallest absolute Gasteiger partial charge is 0.258 e. The molecule has 0 bridgehead atoms. The minimum absolute atomic E-state index is 0.279. The average molecular weight is 330 g/mol. The standard InChI is InChI=1S/C15H11FN4O2S/c16-11-4-1-9(2-5-11)7-13-19-20-15(23-13)18-14(22)10-3-6-12(21)17-8-10/h1-6,8H,7H2,(H,17,21)(H,18,20,22). The summed E-state index contributed by atoms with van der Waals surface area (Å²) in [5.41, 5.74) is 0.944. The van der Waals surface area contributed by atoms with Crippen molar-refractivity contribution in [1.29, 1.82) is 0 Å². The molecule has 1 aromatic carbocycles. The van der Waals surface area contributed by atoms with Crippen LogP contribution in [0.2, 0.25) is 0 Å². The first kappa shape index (κ1) is 15.0. The molecule has 3 aromatic rings. The molecule has 0 saturated carbocycles. The molecule has 0 unspecified atom stereocenters. The number of anilines is 1. The van der Waals surface area contributed by atoms with E-state index in [9.17, 15) is 14.0 Å². The Morgan fingerprint density at radius 3 is 2.65 bits per heavy atom. The van der Waals surface area contributed by atoms with Crippen molar-refractivity contribution in [1.82, 2.24) is 15.2 Å². The molecule has 0 spiro atoms. The molecular formula is C15H11FN4O2S. The van der Waals surface area contributed by atoms with Crippen molar-refractivity contribution in [3.63, 3.8) is 0 Å². The fraction of sp³-hybridized carbons (Fsp3) is 0.0667. The van der Waals surface area contributed by atoms with Gasteiger partial charge in [-0.2, -0.15) is 0 Å². The van der Waals surface area contributed by atoms with E-state index < -0.39 is 0 Å². The van der Waals surface area contributed by atoms with Crippen LogP contribution in [0.1, 0.15) is 20.9 Å². The molecule has 3 rings (SSSR count). The van der Waals surface area contributed by atoms with Gasteiger partial charge in [-0.3, -0.25) is 14.9 Å². The Kier molecular flexibility index (Phi) is 4.24. The molecule has 8 heteroatoms. The number of nitrogens with one attached hydrogen (secondary N) is 2. The van der Waals surface area contributed by atoms with E-state index in [-0.39, 0.29) is 17.3 Å². The lowest BCUT2D eigenvalue weighted by atomic mass is 10.2. The maximum absolute atomic E-state index is 12.9. The molecule has 0 aliphatic carbocycles. The summed E-state index contributed by atoms with van der Waals surface area (Å²) in [6, 6.07) is 8.82. The third-order valence-corrected chi connectivity index (χ3v) is 3.84. The number of aromatic nitrogens is 3. The average Bonchev–Trinajstić information content (AvgIpc) is 2.97. The first-order valence-electron chi connectivity index (χ1n) is 6.67. The Labute approximate surface area is 134 Å². The summed E-state index contributed by atoms with van der Waals surface area (Å²) in [6.07, 6.45) is 1.84. The molecular weight excluding hydrogens is 319 g/mol. The van der Waals surface area contributed by atoms with Crippen molar-refractivity contribution in [3.05, 3.63) is 74.9 Å². The lowest BCUT2D eigenvalue weighted by Crippen LogP contribution is -2.14. The van der Waals surface area contributed by atoms with Gasteiger partial charge in [0.05, 0.1) is 5.56 Å². The predicted molar refractivity (Wildman–Crippen MR) is 84.1 cm³/mol. The van der Waals surface area contributed by atoms with Crippen LogP contribution in [0.5, 0.6) is 0 Å². The third kappa shape index (κ3) is 3.86. The highest BCUT2D eigenvalue weighted by Gasteiger charge is 2.10. The number of H-pyrrole nitrogens is 1. The number of aromatic amines is 1. The summed E-state index contributed by atoms with van der Waals surface area (Å²) in [4.78, 5) is 25.4. The second-order valence-corrected chi connectivity index (χ2v) is 5.76. The predicted octanol–water partition coefficient (Wildman–Crippen LogP) is 2.21. The third-order valence-electron chi connectivity index (χ3n) is 3.00. The molecule has 2 aromatic heterocycles. The van der Waals surface area contributed by atoms with Gasteiger partial charge in [0.2, 0.25) is 10.7 Å². The van der Waals surface area contributed by atoms with Crippen molar-refractivity contribution in [3.8, 4) is 0 Å². The summed E-state index contributed by atoms with van der Waals surface area (Å²) < 4.78 is 12.9. The van der Waals surface area contributed by atoms with E-state index in [1.165, 1.54) is 41.8 Å². The Bertz CT molecular complexity index is 868. The van der Waals surface area contributed by atoms with Crippen molar-refractivity contribution < 1.29 is 9.18 Å². The number of halogens is 1. The number of pyridine rings is 1. The quantitative estimate of drug-likeness (QED) is 0.768. The summed E-state index contributed by atoms with van der Waals surface area (Å²) in [5.74, 6) is -0.675. The van der Waals surface area contributed by atoms with Crippen LogP contribution in [-0.4, -0.2) is 21.1 Å². The SMILES string of the molecule is O=C(Nc1nnc(Cc2ccc(F)cc2)s1)c1ccc(=O)[nH]c1. The number of carbonyl (C=O) groups excluding carboxylic acids is 1. The fourth-order valence-electron chi connectivity index (χ4n) is 1.87. The van der Waals surface area contributed by atoms with Crippen molar-refractivity contribution >= 4 is 22.4 Å². The first-order valence-corrected chi connectivity index (χ1v) is 7.49. The van der Waals surface area contributed by atoms with Gasteiger partial charge in [0, 0.05) is 18.7 Å². The van der Waals surface area contributed by atoms with Crippen LogP contribution in [0.4, 0.5) is 9.52 Å². The van der Waals surface area contributed by atoms with E-state index in [1.807, 2.05) is 0 Å². The van der Waals surface area contributed by atoms with Crippen LogP contribution >= 0.6 is 11.3 Å². The molecule has 2 N–H and O–H groups in total. The molecule has 116 valence electrons. The molecule has 6 nitrogen and oxygen atoms in total. The number of carbonyl (C=O) groups is 1. The van der Waals surface area contributed by atoms with Crippen molar-refractivity contribution in [2.45, 2.75) is 6.42 Å². The van der Waals surface area contributed by atoms with Gasteiger partial charge in [0.15, 0.2) is 0 Å². The van der Waals surface area contributed by atoms with E-state index >= 15 is 0 Å². The van der Waals surface area contributed by atoms with Gasteiger partial charge >= 0.3 is 0 Å². The normalized spacial score (nSPS) is 10.5. The number of hydrogen-bond donors (Lipinski definition) is 2. The lowest BCUT2D eigenvalue weighted by Gasteiger charge is -1.99. The monoisotopic (exact) mass is 330 g/mol. The highest BCUT2D eigenvalue weighted by atomic mass is 32.1. The van der Waals surface area contributed by atoms with Crippen molar-refractivity contribution in [2.75, 3.05) is 5.32 Å². The molecule has 0 atom stereocenters. The zero-order valence-corrected chi connectivity index (χ0v) is 12.6. The minimum Gasteiger partial charge on any atom is -0.328 e. The minimum atomic E-state index is -0.384. The molecule has 0 saturated heterocycles. The maximum Gasteiger partial charge on any atom is 0.258 e. The zero-order chi connectivity index (χ0) is 16.2. The molecule has 2 heterocycles. The zero-order valence-electron chi connectivity index (χ0n) is 11.7. The molecule has 0 aliphatic rings. The van der Waals surface area contributed by atoms with Crippen LogP contribution in [0.25, 0.3) is 0 Å². The highest BCUT2D eigenvalue weighted by Crippen LogP contribution is 2.19. The molecule has 23 heavy (non-hydrogen) atoms. The Morgan fingerprint density at radius 2 is 1.96 bits per heavy atom. The van der Waals surface area contributed by atoms with E-state index in [0.717, 1.165) is 5.56 Å². The summed E-state index contributed by atoms with van der Waals surface area (Å²) in [6.45, 7) is 0. The molecule has 1 amide bonds. The van der Waals surface area contributed by atoms with Gasteiger partial charge in [-0.1, -0.05) is 23.5 Å². The van der Waals surface area contributed by atoms with Gasteiger partial charge in [0.1, 0.15) is 10.8 Å². The number of rotatable bonds is 4. The van der Waals surface area contributed by atoms with Crippen LogP contribution in [-0.2, 0) is 6.42 Å². The number of benzene rings is 1. The largest absolute Gasteiger partial charge is 0.328 e. The van der Waals surface area contributed by atoms with Gasteiger partial charge < -0.3 is 4.98 Å². The van der Waals surface area contributed by atoms with E-state index in [4.69, 9.17) is 0 Å². The molecule has 0 aliphatic heterocycles. The molecule has 0 fully saturated rings. The second kappa shape index (κ2) is 6.49. The van der Waals surface area contributed by atoms with Crippen molar-refractivity contribution in [2.24, 2.45) is 0 Å². The highest BCUT2D eigenvalue weighted by molar-refractivity contribution is 7.15. The van der Waals surface area contributed by atoms with E-state index in [1.54, 1.807) is 12.1 Å². The first-order chi connectivity index (χ1) is 11.1. The van der Waals surface area contributed by atoms with Gasteiger partial charge in [-0.05, 0) is 23.8 Å². The Balaban J connectivity index is 1.67. The van der Waals surface area contributed by atoms with E-state index in [2.05, 4.69) is 20.5 Å². The number of amides is 1. The van der Waals surface area contributed by atoms with Gasteiger partial charge in [-0.25, -0.2) is 4.39 Å². The van der Waals surface area contributed by atoms with Gasteiger partial charge in [-0.15, -0.1) is 10.2 Å².